The number of aliphatic hydroxyl groups is 1. The molecule has 1 saturated heterocycles. The molecule has 0 radical (unpaired) electrons. The van der Waals surface area contributed by atoms with Gasteiger partial charge in [0.1, 0.15) is 18.2 Å². The Hall–Kier alpha value is -3.06. The number of likely N-dealkylation sites (tertiary alicyclic amines) is 1. The fourth-order valence-electron chi connectivity index (χ4n) is 4.31. The normalized spacial score (nSPS) is 17.5. The first-order valence-corrected chi connectivity index (χ1v) is 10.5. The van der Waals surface area contributed by atoms with Crippen molar-refractivity contribution in [1.29, 1.82) is 0 Å². The van der Waals surface area contributed by atoms with Gasteiger partial charge in [-0.05, 0) is 55.2 Å². The van der Waals surface area contributed by atoms with E-state index in [4.69, 9.17) is 4.74 Å². The highest BCUT2D eigenvalue weighted by atomic mass is 16.5. The van der Waals surface area contributed by atoms with Gasteiger partial charge in [0.05, 0.1) is 30.2 Å². The van der Waals surface area contributed by atoms with Gasteiger partial charge in [-0.25, -0.2) is 9.78 Å². The second kappa shape index (κ2) is 7.65. The SMILES string of the molecule is Cc1nc2ccc(-c3ccc4c(c3)CN(C(=O)N3CCC(O)CC3)CCO4)cc2[nH]1. The second-order valence-corrected chi connectivity index (χ2v) is 8.15. The molecular formula is C23H26N4O3. The summed E-state index contributed by atoms with van der Waals surface area (Å²) in [6.45, 7) is 4.72. The number of fused-ring (bicyclic) bond motifs is 2. The van der Waals surface area contributed by atoms with Gasteiger partial charge in [0.25, 0.3) is 0 Å². The molecule has 3 heterocycles. The molecule has 2 aliphatic rings. The van der Waals surface area contributed by atoms with Gasteiger partial charge in [-0.1, -0.05) is 12.1 Å². The van der Waals surface area contributed by atoms with Crippen molar-refractivity contribution in [1.82, 2.24) is 19.8 Å². The maximum Gasteiger partial charge on any atom is 0.320 e. The number of amides is 2. The number of aromatic amines is 1. The lowest BCUT2D eigenvalue weighted by atomic mass is 10.0. The maximum absolute atomic E-state index is 13.0. The lowest BCUT2D eigenvalue weighted by Crippen LogP contribution is -2.47. The zero-order chi connectivity index (χ0) is 20.7. The minimum atomic E-state index is -0.291. The minimum absolute atomic E-state index is 0.0260. The van der Waals surface area contributed by atoms with Crippen LogP contribution >= 0.6 is 0 Å². The molecule has 0 atom stereocenters. The van der Waals surface area contributed by atoms with Crippen molar-refractivity contribution in [2.75, 3.05) is 26.2 Å². The Morgan fingerprint density at radius 1 is 1.10 bits per heavy atom. The zero-order valence-electron chi connectivity index (χ0n) is 17.1. The Balaban J connectivity index is 1.40. The number of carbonyl (C=O) groups is 1. The standard InChI is InChI=1S/C23H26N4O3/c1-15-24-20-4-2-17(13-21(20)25-15)16-3-5-22-18(12-16)14-27(10-11-30-22)23(29)26-8-6-19(28)7-9-26/h2-5,12-13,19,28H,6-11,14H2,1H3,(H,24,25). The molecule has 1 aromatic heterocycles. The van der Waals surface area contributed by atoms with Gasteiger partial charge in [-0.3, -0.25) is 0 Å². The molecule has 2 N–H and O–H groups in total. The van der Waals surface area contributed by atoms with E-state index in [0.29, 0.717) is 45.6 Å². The monoisotopic (exact) mass is 406 g/mol. The summed E-state index contributed by atoms with van der Waals surface area (Å²) in [5.41, 5.74) is 5.16. The van der Waals surface area contributed by atoms with Crippen LogP contribution in [-0.4, -0.2) is 63.3 Å². The van der Waals surface area contributed by atoms with Crippen LogP contribution in [0.5, 0.6) is 5.75 Å². The van der Waals surface area contributed by atoms with Gasteiger partial charge in [-0.2, -0.15) is 0 Å². The smallest absolute Gasteiger partial charge is 0.320 e. The number of nitrogens with one attached hydrogen (secondary N) is 1. The molecule has 2 aliphatic heterocycles. The van der Waals surface area contributed by atoms with E-state index >= 15 is 0 Å². The number of carbonyl (C=O) groups excluding carboxylic acids is 1. The van der Waals surface area contributed by atoms with E-state index in [1.54, 1.807) is 0 Å². The molecular weight excluding hydrogens is 380 g/mol. The van der Waals surface area contributed by atoms with Gasteiger partial charge in [0, 0.05) is 18.7 Å². The highest BCUT2D eigenvalue weighted by molar-refractivity contribution is 5.82. The van der Waals surface area contributed by atoms with Crippen molar-refractivity contribution >= 4 is 17.1 Å². The number of ether oxygens (including phenoxy) is 1. The fraction of sp³-hybridized carbons (Fsp3) is 0.391. The summed E-state index contributed by atoms with van der Waals surface area (Å²) in [7, 11) is 0. The van der Waals surface area contributed by atoms with Crippen LogP contribution in [-0.2, 0) is 6.54 Å². The summed E-state index contributed by atoms with van der Waals surface area (Å²) < 4.78 is 5.93. The second-order valence-electron chi connectivity index (χ2n) is 8.15. The van der Waals surface area contributed by atoms with E-state index in [1.165, 1.54) is 0 Å². The van der Waals surface area contributed by atoms with Crippen LogP contribution in [0.3, 0.4) is 0 Å². The molecule has 5 rings (SSSR count). The summed E-state index contributed by atoms with van der Waals surface area (Å²) in [5.74, 6) is 1.73. The molecule has 1 fully saturated rings. The van der Waals surface area contributed by atoms with E-state index in [9.17, 15) is 9.90 Å². The van der Waals surface area contributed by atoms with E-state index in [-0.39, 0.29) is 12.1 Å². The number of hydrogen-bond acceptors (Lipinski definition) is 4. The number of aromatic nitrogens is 2. The van der Waals surface area contributed by atoms with Crippen LogP contribution < -0.4 is 4.74 Å². The third kappa shape index (κ3) is 3.61. The van der Waals surface area contributed by atoms with Crippen LogP contribution in [0.25, 0.3) is 22.2 Å². The molecule has 0 spiro atoms. The Morgan fingerprint density at radius 2 is 1.87 bits per heavy atom. The van der Waals surface area contributed by atoms with Crippen molar-refractivity contribution in [2.45, 2.75) is 32.4 Å². The fourth-order valence-corrected chi connectivity index (χ4v) is 4.31. The molecule has 7 nitrogen and oxygen atoms in total. The minimum Gasteiger partial charge on any atom is -0.491 e. The average molecular weight is 406 g/mol. The van der Waals surface area contributed by atoms with Crippen molar-refractivity contribution in [3.05, 3.63) is 47.8 Å². The third-order valence-corrected chi connectivity index (χ3v) is 5.98. The molecule has 7 heteroatoms. The van der Waals surface area contributed by atoms with E-state index < -0.39 is 0 Å². The number of imidazole rings is 1. The first-order chi connectivity index (χ1) is 14.6. The number of urea groups is 1. The topological polar surface area (TPSA) is 81.7 Å². The summed E-state index contributed by atoms with van der Waals surface area (Å²) in [6, 6.07) is 12.4. The number of piperidine rings is 1. The highest BCUT2D eigenvalue weighted by Gasteiger charge is 2.27. The first-order valence-electron chi connectivity index (χ1n) is 10.5. The number of H-pyrrole nitrogens is 1. The summed E-state index contributed by atoms with van der Waals surface area (Å²) in [4.78, 5) is 24.5. The number of benzene rings is 2. The molecule has 30 heavy (non-hydrogen) atoms. The zero-order valence-corrected chi connectivity index (χ0v) is 17.1. The number of nitrogens with zero attached hydrogens (tertiary/aromatic N) is 3. The van der Waals surface area contributed by atoms with E-state index in [1.807, 2.05) is 28.9 Å². The van der Waals surface area contributed by atoms with Crippen LogP contribution in [0.2, 0.25) is 0 Å². The number of aliphatic hydroxyl groups excluding tert-OH is 1. The third-order valence-electron chi connectivity index (χ3n) is 5.98. The average Bonchev–Trinajstić information content (AvgIpc) is 2.99. The van der Waals surface area contributed by atoms with Crippen molar-refractivity contribution < 1.29 is 14.6 Å². The lowest BCUT2D eigenvalue weighted by molar-refractivity contribution is 0.0795. The van der Waals surface area contributed by atoms with Crippen LogP contribution in [0.4, 0.5) is 4.79 Å². The van der Waals surface area contributed by atoms with Crippen molar-refractivity contribution in [3.63, 3.8) is 0 Å². The largest absolute Gasteiger partial charge is 0.491 e. The molecule has 0 unspecified atom stereocenters. The molecule has 0 saturated carbocycles. The molecule has 0 bridgehead atoms. The van der Waals surface area contributed by atoms with E-state index in [0.717, 1.165) is 39.3 Å². The highest BCUT2D eigenvalue weighted by Crippen LogP contribution is 2.31. The lowest BCUT2D eigenvalue weighted by Gasteiger charge is -2.33. The van der Waals surface area contributed by atoms with Crippen LogP contribution in [0.15, 0.2) is 36.4 Å². The van der Waals surface area contributed by atoms with Crippen LogP contribution in [0, 0.1) is 6.92 Å². The van der Waals surface area contributed by atoms with Gasteiger partial charge in [-0.15, -0.1) is 0 Å². The van der Waals surface area contributed by atoms with Gasteiger partial charge in [0.15, 0.2) is 0 Å². The summed E-state index contributed by atoms with van der Waals surface area (Å²) >= 11 is 0. The Morgan fingerprint density at radius 3 is 2.70 bits per heavy atom. The number of aryl methyl sites for hydroxylation is 1. The molecule has 2 aromatic carbocycles. The van der Waals surface area contributed by atoms with Crippen molar-refractivity contribution in [3.8, 4) is 16.9 Å². The summed E-state index contributed by atoms with van der Waals surface area (Å²) in [6.07, 6.45) is 0.999. The van der Waals surface area contributed by atoms with Gasteiger partial charge < -0.3 is 24.6 Å². The molecule has 3 aromatic rings. The van der Waals surface area contributed by atoms with Crippen molar-refractivity contribution in [2.24, 2.45) is 0 Å². The maximum atomic E-state index is 13.0. The quantitative estimate of drug-likeness (QED) is 0.650. The van der Waals surface area contributed by atoms with Gasteiger partial charge in [0.2, 0.25) is 0 Å². The first kappa shape index (κ1) is 18.9. The predicted octanol–water partition coefficient (Wildman–Crippen LogP) is 3.31. The van der Waals surface area contributed by atoms with E-state index in [2.05, 4.69) is 34.2 Å². The molecule has 0 aliphatic carbocycles. The Kier molecular flexibility index (Phi) is 4.83. The van der Waals surface area contributed by atoms with Crippen LogP contribution in [0.1, 0.15) is 24.2 Å². The Bertz CT molecular complexity index is 1090. The summed E-state index contributed by atoms with van der Waals surface area (Å²) in [5, 5.41) is 9.72. The number of rotatable bonds is 1. The molecule has 156 valence electrons. The van der Waals surface area contributed by atoms with Gasteiger partial charge >= 0.3 is 6.03 Å². The Labute approximate surface area is 175 Å². The number of hydrogen-bond donors (Lipinski definition) is 2. The predicted molar refractivity (Wildman–Crippen MR) is 114 cm³/mol. The molecule has 2 amide bonds.